The summed E-state index contributed by atoms with van der Waals surface area (Å²) >= 11 is 0. The molecule has 3 radical (unpaired) electrons. The molecule has 0 amide bonds. The Kier molecular flexibility index (Phi) is 1670. The largest absolute Gasteiger partial charge is 0.344 e. The zero-order valence-corrected chi connectivity index (χ0v) is 11.0. The number of hydrogen-bond acceptors (Lipinski definition) is 1. The van der Waals surface area contributed by atoms with Crippen LogP contribution in [0.3, 0.4) is 0 Å². The van der Waals surface area contributed by atoms with E-state index in [2.05, 4.69) is 41.5 Å². The number of hydrogen-bond donors (Lipinski definition) is 1. The summed E-state index contributed by atoms with van der Waals surface area (Å²) in [5, 5.41) is 0. The second-order valence-electron chi connectivity index (χ2n) is 2.12. The van der Waals surface area contributed by atoms with Crippen molar-refractivity contribution in [1.29, 1.82) is 0 Å². The highest BCUT2D eigenvalue weighted by molar-refractivity contribution is 5.75. The topological polar surface area (TPSA) is 35.0 Å². The monoisotopic (exact) mass is 240 g/mol. The van der Waals surface area contributed by atoms with Gasteiger partial charge in [-0.2, -0.15) is 0 Å². The van der Waals surface area contributed by atoms with Crippen LogP contribution in [0.15, 0.2) is 0 Å². The summed E-state index contributed by atoms with van der Waals surface area (Å²) in [4.78, 5) is 0. The van der Waals surface area contributed by atoms with Crippen molar-refractivity contribution in [3.63, 3.8) is 0 Å². The molecule has 0 rings (SSSR count). The first-order valence-corrected chi connectivity index (χ1v) is 4.24. The number of halogens is 4. The first-order valence-electron chi connectivity index (χ1n) is 4.24. The third-order valence-electron chi connectivity index (χ3n) is 0. The van der Waals surface area contributed by atoms with E-state index in [9.17, 15) is 0 Å². The van der Waals surface area contributed by atoms with E-state index in [1.165, 1.54) is 19.3 Å². The quantitative estimate of drug-likeness (QED) is 0.485. The molecular weight excluding hydrogens is 209 g/mol. The van der Waals surface area contributed by atoms with E-state index in [-0.39, 0.29) is 33.4 Å². The highest BCUT2D eigenvalue weighted by Crippen LogP contribution is 1.56. The van der Waals surface area contributed by atoms with Crippen molar-refractivity contribution < 1.29 is 18.8 Å². The molecule has 103 valence electrons. The van der Waals surface area contributed by atoms with Gasteiger partial charge in [0.1, 0.15) is 0 Å². The average Bonchev–Trinajstić information content (AvgIpc) is 1.70. The van der Waals surface area contributed by atoms with Gasteiger partial charge in [0, 0.05) is 8.41 Å². The third kappa shape index (κ3) is 29100. The van der Waals surface area contributed by atoms with Crippen LogP contribution < -0.4 is 6.15 Å². The Morgan fingerprint density at radius 1 is 0.467 bits per heavy atom. The van der Waals surface area contributed by atoms with Crippen LogP contribution in [-0.4, -0.2) is 8.41 Å². The molecule has 0 fully saturated rings. The van der Waals surface area contributed by atoms with Crippen LogP contribution in [0.5, 0.6) is 0 Å². The summed E-state index contributed by atoms with van der Waals surface area (Å²) in [7, 11) is 0. The SMILES string of the molecule is CCC.CCC.CCC.F.F.F.F.N.[B]. The summed E-state index contributed by atoms with van der Waals surface area (Å²) in [5.74, 6) is 0. The Morgan fingerprint density at radius 3 is 0.467 bits per heavy atom. The Balaban J connectivity index is -0.00000000429. The predicted molar refractivity (Wildman–Crippen MR) is 68.7 cm³/mol. The lowest BCUT2D eigenvalue weighted by Gasteiger charge is -1.48. The smallest absolute Gasteiger partial charge is 0 e. The molecule has 1 nitrogen and oxygen atoms in total. The lowest BCUT2D eigenvalue weighted by atomic mass is 10.6. The predicted octanol–water partition coefficient (Wildman–Crippen LogP) is 4.64. The van der Waals surface area contributed by atoms with Crippen molar-refractivity contribution in [3.8, 4) is 0 Å². The fraction of sp³-hybridized carbons (Fsp3) is 1.00. The summed E-state index contributed by atoms with van der Waals surface area (Å²) in [6.07, 6.45) is 3.75. The summed E-state index contributed by atoms with van der Waals surface area (Å²) in [6.45, 7) is 12.8. The van der Waals surface area contributed by atoms with Crippen molar-refractivity contribution in [3.05, 3.63) is 0 Å². The van der Waals surface area contributed by atoms with Gasteiger partial charge < -0.3 is 6.15 Å². The maximum absolute atomic E-state index is 2.12. The van der Waals surface area contributed by atoms with E-state index >= 15 is 0 Å². The van der Waals surface area contributed by atoms with Crippen LogP contribution in [0.2, 0.25) is 0 Å². The normalized spacial score (nSPS) is 3.60. The summed E-state index contributed by atoms with van der Waals surface area (Å²) < 4.78 is 0. The fourth-order valence-electron chi connectivity index (χ4n) is 0. The van der Waals surface area contributed by atoms with Gasteiger partial charge in [0.2, 0.25) is 0 Å². The van der Waals surface area contributed by atoms with E-state index in [0.29, 0.717) is 0 Å². The van der Waals surface area contributed by atoms with E-state index < -0.39 is 0 Å². The zero-order valence-electron chi connectivity index (χ0n) is 11.0. The Bertz CT molecular complexity index is 26.8. The summed E-state index contributed by atoms with van der Waals surface area (Å²) in [6, 6.07) is 0. The van der Waals surface area contributed by atoms with Crippen LogP contribution in [-0.2, 0) is 0 Å². The van der Waals surface area contributed by atoms with Gasteiger partial charge in [-0.25, -0.2) is 0 Å². The second kappa shape index (κ2) is 296. The minimum atomic E-state index is 0. The van der Waals surface area contributed by atoms with E-state index in [1.807, 2.05) is 0 Å². The molecule has 0 saturated heterocycles. The van der Waals surface area contributed by atoms with Gasteiger partial charge in [-0.1, -0.05) is 60.8 Å². The molecule has 0 aliphatic rings. The van der Waals surface area contributed by atoms with Gasteiger partial charge in [0.05, 0.1) is 0 Å². The Hall–Kier alpha value is -0.255. The van der Waals surface area contributed by atoms with Crippen LogP contribution in [0.4, 0.5) is 18.8 Å². The van der Waals surface area contributed by atoms with Crippen LogP contribution in [0.1, 0.15) is 60.8 Å². The zero-order chi connectivity index (χ0) is 8.12. The highest BCUT2D eigenvalue weighted by Gasteiger charge is 1.36. The third-order valence-corrected chi connectivity index (χ3v) is 0. The molecule has 0 spiro atoms. The van der Waals surface area contributed by atoms with Gasteiger partial charge in [-0.3, -0.25) is 18.8 Å². The van der Waals surface area contributed by atoms with Crippen LogP contribution >= 0.6 is 0 Å². The molecule has 6 heteroatoms. The lowest BCUT2D eigenvalue weighted by Crippen LogP contribution is -1.27. The van der Waals surface area contributed by atoms with E-state index in [0.717, 1.165) is 0 Å². The fourth-order valence-corrected chi connectivity index (χ4v) is 0. The van der Waals surface area contributed by atoms with Crippen LogP contribution in [0, 0.1) is 0 Å². The maximum atomic E-state index is 2.12. The molecule has 15 heavy (non-hydrogen) atoms. The molecule has 0 aromatic carbocycles. The van der Waals surface area contributed by atoms with Gasteiger partial charge in [0.15, 0.2) is 0 Å². The second-order valence-corrected chi connectivity index (χ2v) is 2.12. The lowest BCUT2D eigenvalue weighted by molar-refractivity contribution is 1.09. The Morgan fingerprint density at radius 2 is 0.467 bits per heavy atom. The molecule has 0 aliphatic carbocycles. The Labute approximate surface area is 95.0 Å². The van der Waals surface area contributed by atoms with E-state index in [1.54, 1.807) is 0 Å². The van der Waals surface area contributed by atoms with Crippen molar-refractivity contribution >= 4 is 8.41 Å². The van der Waals surface area contributed by atoms with Crippen molar-refractivity contribution in [2.24, 2.45) is 0 Å². The minimum Gasteiger partial charge on any atom is -0.344 e. The van der Waals surface area contributed by atoms with Crippen molar-refractivity contribution in [2.45, 2.75) is 60.8 Å². The molecule has 0 aromatic rings. The summed E-state index contributed by atoms with van der Waals surface area (Å²) in [5.41, 5.74) is 0. The van der Waals surface area contributed by atoms with Crippen molar-refractivity contribution in [2.75, 3.05) is 0 Å². The van der Waals surface area contributed by atoms with E-state index in [4.69, 9.17) is 0 Å². The first-order chi connectivity index (χ1) is 4.24. The molecular formula is C9H31BF4N. The maximum Gasteiger partial charge on any atom is 0 e. The van der Waals surface area contributed by atoms with Gasteiger partial charge in [-0.05, 0) is 0 Å². The van der Waals surface area contributed by atoms with Gasteiger partial charge in [-0.15, -0.1) is 0 Å². The van der Waals surface area contributed by atoms with Crippen LogP contribution in [0.25, 0.3) is 0 Å². The highest BCUT2D eigenvalue weighted by atomic mass is 19.0. The van der Waals surface area contributed by atoms with Crippen molar-refractivity contribution in [1.82, 2.24) is 6.15 Å². The molecule has 0 bridgehead atoms. The molecule has 0 heterocycles. The molecule has 0 aliphatic heterocycles. The molecule has 0 aromatic heterocycles. The minimum absolute atomic E-state index is 0. The standard InChI is InChI=1S/3C3H8.B.4FH.H3N/c3*1-3-2;;;;;;/h3*3H2,1-2H3;;4*1H;1H3. The van der Waals surface area contributed by atoms with Gasteiger partial charge in [0.25, 0.3) is 0 Å². The first kappa shape index (κ1) is 84.4. The average molecular weight is 240 g/mol. The molecule has 0 saturated carbocycles. The van der Waals surface area contributed by atoms with Gasteiger partial charge >= 0.3 is 0 Å². The molecule has 0 unspecified atom stereocenters. The number of rotatable bonds is 0. The molecule has 0 atom stereocenters. The molecule has 3 N–H and O–H groups in total.